The number of benzene rings is 3. The number of aromatic nitrogens is 2. The van der Waals surface area contributed by atoms with Gasteiger partial charge in [-0.15, -0.1) is 0 Å². The van der Waals surface area contributed by atoms with Crippen molar-refractivity contribution in [2.45, 2.75) is 0 Å². The van der Waals surface area contributed by atoms with Crippen LogP contribution in [-0.2, 0) is 0 Å². The van der Waals surface area contributed by atoms with Crippen LogP contribution in [0.5, 0.6) is 5.75 Å². The summed E-state index contributed by atoms with van der Waals surface area (Å²) < 4.78 is 7.18. The van der Waals surface area contributed by atoms with Crippen molar-refractivity contribution in [1.82, 2.24) is 9.66 Å². The predicted octanol–water partition coefficient (Wildman–Crippen LogP) is 4.58. The van der Waals surface area contributed by atoms with Gasteiger partial charge in [-0.1, -0.05) is 55.1 Å². The number of ether oxygens (including phenoxy) is 1. The Balaban J connectivity index is 1.86. The molecular weight excluding hydrogens is 400 g/mol. The molecule has 0 atom stereocenters. The lowest BCUT2D eigenvalue weighted by molar-refractivity contribution is 0.363. The van der Waals surface area contributed by atoms with Crippen molar-refractivity contribution in [2.75, 3.05) is 25.6 Å². The summed E-state index contributed by atoms with van der Waals surface area (Å²) in [7, 11) is 3.93. The average Bonchev–Trinajstić information content (AvgIpc) is 2.82. The molecule has 0 aliphatic heterocycles. The number of rotatable bonds is 7. The first kappa shape index (κ1) is 21.1. The molecule has 0 aliphatic carbocycles. The Kier molecular flexibility index (Phi) is 6.12. The molecule has 0 bridgehead atoms. The minimum absolute atomic E-state index is 0.232. The van der Waals surface area contributed by atoms with Gasteiger partial charge in [-0.05, 0) is 24.3 Å². The summed E-state index contributed by atoms with van der Waals surface area (Å²) in [6, 6.07) is 22.7. The minimum atomic E-state index is -0.232. The van der Waals surface area contributed by atoms with Crippen molar-refractivity contribution in [3.63, 3.8) is 0 Å². The monoisotopic (exact) mass is 424 g/mol. The fourth-order valence-electron chi connectivity index (χ4n) is 3.31. The summed E-state index contributed by atoms with van der Waals surface area (Å²) in [6.45, 7) is 4.09. The molecule has 0 N–H and O–H groups in total. The third-order valence-corrected chi connectivity index (χ3v) is 4.97. The highest BCUT2D eigenvalue weighted by atomic mass is 16.5. The highest BCUT2D eigenvalue weighted by Gasteiger charge is 2.12. The second kappa shape index (κ2) is 9.31. The third kappa shape index (κ3) is 4.30. The Hall–Kier alpha value is -4.19. The topological polar surface area (TPSA) is 59.7 Å². The van der Waals surface area contributed by atoms with Crippen LogP contribution in [0.2, 0.25) is 0 Å². The zero-order valence-corrected chi connectivity index (χ0v) is 18.1. The van der Waals surface area contributed by atoms with Crippen molar-refractivity contribution in [1.29, 1.82) is 0 Å². The van der Waals surface area contributed by atoms with E-state index in [1.807, 2.05) is 85.7 Å². The van der Waals surface area contributed by atoms with Crippen molar-refractivity contribution in [2.24, 2.45) is 5.10 Å². The smallest absolute Gasteiger partial charge is 0.282 e. The Morgan fingerprint density at radius 2 is 1.81 bits per heavy atom. The van der Waals surface area contributed by atoms with Crippen LogP contribution >= 0.6 is 0 Å². The van der Waals surface area contributed by atoms with Crippen molar-refractivity contribution < 1.29 is 4.74 Å². The molecule has 6 heteroatoms. The maximum Gasteiger partial charge on any atom is 0.282 e. The molecule has 0 saturated carbocycles. The SMILES string of the molecule is C=CCOc1cc(N(C)C)ccc1C=Nn1c(-c2ccccc2)nc2ccccc2c1=O. The van der Waals surface area contributed by atoms with Gasteiger partial charge in [0.15, 0.2) is 5.82 Å². The van der Waals surface area contributed by atoms with Gasteiger partial charge < -0.3 is 9.64 Å². The molecule has 6 nitrogen and oxygen atoms in total. The molecule has 4 rings (SSSR count). The molecule has 0 amide bonds. The van der Waals surface area contributed by atoms with Crippen LogP contribution in [0.1, 0.15) is 5.56 Å². The summed E-state index contributed by atoms with van der Waals surface area (Å²) in [5, 5.41) is 5.05. The largest absolute Gasteiger partial charge is 0.489 e. The van der Waals surface area contributed by atoms with Crippen molar-refractivity contribution in [3.8, 4) is 17.1 Å². The molecule has 4 aromatic rings. The standard InChI is InChI=1S/C26H24N4O2/c1-4-16-32-24-17-21(29(2)3)15-14-20(24)18-27-30-25(19-10-6-5-7-11-19)28-23-13-9-8-12-22(23)26(30)31/h4-15,17-18H,1,16H2,2-3H3. The van der Waals surface area contributed by atoms with Crippen LogP contribution < -0.4 is 15.2 Å². The average molecular weight is 425 g/mol. The third-order valence-electron chi connectivity index (χ3n) is 4.97. The maximum absolute atomic E-state index is 13.3. The molecule has 0 saturated heterocycles. The quantitative estimate of drug-likeness (QED) is 0.322. The van der Waals surface area contributed by atoms with E-state index in [0.717, 1.165) is 16.8 Å². The molecule has 1 heterocycles. The van der Waals surface area contributed by atoms with Gasteiger partial charge >= 0.3 is 0 Å². The van der Waals surface area contributed by atoms with Crippen LogP contribution in [0.4, 0.5) is 5.69 Å². The second-order valence-electron chi connectivity index (χ2n) is 7.40. The van der Waals surface area contributed by atoms with Gasteiger partial charge in [0, 0.05) is 37.0 Å². The second-order valence-corrected chi connectivity index (χ2v) is 7.40. The fourth-order valence-corrected chi connectivity index (χ4v) is 3.31. The molecule has 1 aromatic heterocycles. The molecule has 3 aromatic carbocycles. The molecule has 0 fully saturated rings. The number of hydrogen-bond acceptors (Lipinski definition) is 5. The summed E-state index contributed by atoms with van der Waals surface area (Å²) in [4.78, 5) is 20.0. The van der Waals surface area contributed by atoms with E-state index in [0.29, 0.717) is 29.1 Å². The van der Waals surface area contributed by atoms with Crippen LogP contribution in [0.3, 0.4) is 0 Å². The van der Waals surface area contributed by atoms with Gasteiger partial charge in [0.1, 0.15) is 12.4 Å². The predicted molar refractivity (Wildman–Crippen MR) is 131 cm³/mol. The lowest BCUT2D eigenvalue weighted by Gasteiger charge is -2.15. The van der Waals surface area contributed by atoms with E-state index in [1.165, 1.54) is 4.68 Å². The number of nitrogens with zero attached hydrogens (tertiary/aromatic N) is 4. The van der Waals surface area contributed by atoms with Gasteiger partial charge in [0.2, 0.25) is 0 Å². The van der Waals surface area contributed by atoms with Crippen molar-refractivity contribution in [3.05, 3.63) is 101 Å². The summed E-state index contributed by atoms with van der Waals surface area (Å²) in [5.41, 5.74) is 2.95. The first-order valence-electron chi connectivity index (χ1n) is 10.2. The van der Waals surface area contributed by atoms with Crippen LogP contribution in [0.15, 0.2) is 95.3 Å². The van der Waals surface area contributed by atoms with E-state index >= 15 is 0 Å². The fraction of sp³-hybridized carbons (Fsp3) is 0.115. The van der Waals surface area contributed by atoms with Gasteiger partial charge in [-0.3, -0.25) is 4.79 Å². The van der Waals surface area contributed by atoms with E-state index in [4.69, 9.17) is 9.72 Å². The first-order chi connectivity index (χ1) is 15.6. The molecule has 32 heavy (non-hydrogen) atoms. The van der Waals surface area contributed by atoms with Gasteiger partial charge in [-0.25, -0.2) is 4.98 Å². The number of anilines is 1. The van der Waals surface area contributed by atoms with Crippen LogP contribution in [0.25, 0.3) is 22.3 Å². The number of fused-ring (bicyclic) bond motifs is 1. The molecule has 0 spiro atoms. The van der Waals surface area contributed by atoms with E-state index in [-0.39, 0.29) is 5.56 Å². The van der Waals surface area contributed by atoms with E-state index in [1.54, 1.807) is 18.4 Å². The normalized spacial score (nSPS) is 11.1. The zero-order chi connectivity index (χ0) is 22.5. The minimum Gasteiger partial charge on any atom is -0.489 e. The summed E-state index contributed by atoms with van der Waals surface area (Å²) in [5.74, 6) is 1.13. The van der Waals surface area contributed by atoms with E-state index in [2.05, 4.69) is 11.7 Å². The Morgan fingerprint density at radius 3 is 2.56 bits per heavy atom. The summed E-state index contributed by atoms with van der Waals surface area (Å²) >= 11 is 0. The maximum atomic E-state index is 13.3. The van der Waals surface area contributed by atoms with Gasteiger partial charge in [-0.2, -0.15) is 9.78 Å². The molecule has 160 valence electrons. The van der Waals surface area contributed by atoms with Gasteiger partial charge in [0.25, 0.3) is 5.56 Å². The van der Waals surface area contributed by atoms with Crippen LogP contribution in [-0.4, -0.2) is 36.6 Å². The molecule has 0 radical (unpaired) electrons. The lowest BCUT2D eigenvalue weighted by Crippen LogP contribution is -2.20. The highest BCUT2D eigenvalue weighted by molar-refractivity contribution is 5.85. The molecule has 0 unspecified atom stereocenters. The van der Waals surface area contributed by atoms with E-state index in [9.17, 15) is 4.79 Å². The highest BCUT2D eigenvalue weighted by Crippen LogP contribution is 2.24. The Morgan fingerprint density at radius 1 is 1.06 bits per heavy atom. The summed E-state index contributed by atoms with van der Waals surface area (Å²) in [6.07, 6.45) is 3.32. The number of hydrogen-bond donors (Lipinski definition) is 0. The Bertz CT molecular complexity index is 1340. The number of para-hydroxylation sites is 1. The Labute approximate surface area is 186 Å². The van der Waals surface area contributed by atoms with E-state index < -0.39 is 0 Å². The molecular formula is C26H24N4O2. The van der Waals surface area contributed by atoms with Gasteiger partial charge in [0.05, 0.1) is 17.1 Å². The van der Waals surface area contributed by atoms with Crippen LogP contribution in [0, 0.1) is 0 Å². The van der Waals surface area contributed by atoms with Crippen molar-refractivity contribution >= 4 is 22.8 Å². The zero-order valence-electron chi connectivity index (χ0n) is 18.1. The molecule has 0 aliphatic rings. The lowest BCUT2D eigenvalue weighted by atomic mass is 10.2. The first-order valence-corrected chi connectivity index (χ1v) is 10.2.